The number of nitrogens with one attached hydrogen (secondary N) is 1. The standard InChI is InChI=1S/C16H15N.C13H18BrNO2.C9H12BrN.ClH/c1-13(17)16-11-9-15(10-12-16)8-7-14-5-3-2-4-6-14;1-9(10-5-7-11(14)8-6-10)15-12(16)17-13(2,3)4;1-7(6-11)8-2-4-9(10)5-3-8;/h2-6,9-13H,17H2,1H3;5-9H,1-4H3,(H,15,16);2-5,7H,6,11H2,1H3;1H/t13-;9-;7-;/m110./s1. The number of benzene rings is 4. The summed E-state index contributed by atoms with van der Waals surface area (Å²) in [5, 5.41) is 2.80. The van der Waals surface area contributed by atoms with Crippen LogP contribution in [0.3, 0.4) is 0 Å². The highest BCUT2D eigenvalue weighted by molar-refractivity contribution is 9.10. The maximum Gasteiger partial charge on any atom is 0.408 e. The van der Waals surface area contributed by atoms with Crippen LogP contribution in [0.2, 0.25) is 0 Å². The lowest BCUT2D eigenvalue weighted by atomic mass is 10.0. The molecule has 0 fully saturated rings. The van der Waals surface area contributed by atoms with Crippen molar-refractivity contribution in [3.8, 4) is 11.8 Å². The Labute approximate surface area is 298 Å². The minimum absolute atomic E-state index is 0. The SMILES string of the molecule is C[C@@H](CN)c1ccc(Br)cc1.C[C@@H](N)c1ccc(C#Cc2ccccc2)cc1.C[C@@H](NC(=O)OC(C)(C)C)c1ccc(Br)cc1.Cl. The second kappa shape index (κ2) is 20.9. The molecule has 0 saturated heterocycles. The van der Waals surface area contributed by atoms with Gasteiger partial charge in [0.1, 0.15) is 5.60 Å². The Bertz CT molecular complexity index is 1500. The van der Waals surface area contributed by atoms with Crippen LogP contribution in [0.1, 0.15) is 87.4 Å². The molecule has 1 amide bonds. The average molecular weight is 772 g/mol. The molecule has 0 aliphatic carbocycles. The molecule has 3 atom stereocenters. The lowest BCUT2D eigenvalue weighted by molar-refractivity contribution is 0.0508. The third kappa shape index (κ3) is 16.4. The summed E-state index contributed by atoms with van der Waals surface area (Å²) < 4.78 is 7.33. The summed E-state index contributed by atoms with van der Waals surface area (Å²) in [7, 11) is 0. The monoisotopic (exact) mass is 769 g/mol. The van der Waals surface area contributed by atoms with E-state index in [-0.39, 0.29) is 24.5 Å². The van der Waals surface area contributed by atoms with Crippen LogP contribution in [0.4, 0.5) is 4.79 Å². The number of ether oxygens (including phenoxy) is 1. The summed E-state index contributed by atoms with van der Waals surface area (Å²) >= 11 is 6.76. The van der Waals surface area contributed by atoms with Gasteiger partial charge in [-0.15, -0.1) is 12.4 Å². The predicted octanol–water partition coefficient (Wildman–Crippen LogP) is 10.1. The van der Waals surface area contributed by atoms with Crippen molar-refractivity contribution in [3.05, 3.63) is 140 Å². The summed E-state index contributed by atoms with van der Waals surface area (Å²) in [5.41, 5.74) is 16.4. The number of carbonyl (C=O) groups is 1. The van der Waals surface area contributed by atoms with Gasteiger partial charge in [-0.05, 0) is 112 Å². The molecule has 0 aromatic heterocycles. The van der Waals surface area contributed by atoms with E-state index in [1.54, 1.807) is 0 Å². The molecule has 4 rings (SSSR count). The van der Waals surface area contributed by atoms with Gasteiger partial charge >= 0.3 is 6.09 Å². The number of hydrogen-bond donors (Lipinski definition) is 3. The summed E-state index contributed by atoms with van der Waals surface area (Å²) in [5.74, 6) is 6.73. The molecule has 4 aromatic carbocycles. The third-order valence-electron chi connectivity index (χ3n) is 6.46. The smallest absolute Gasteiger partial charge is 0.408 e. The highest BCUT2D eigenvalue weighted by atomic mass is 79.9. The fourth-order valence-corrected chi connectivity index (χ4v) is 4.31. The van der Waals surface area contributed by atoms with Crippen LogP contribution >= 0.6 is 44.3 Å². The topological polar surface area (TPSA) is 90.4 Å². The van der Waals surface area contributed by atoms with Gasteiger partial charge in [0.15, 0.2) is 0 Å². The van der Waals surface area contributed by atoms with Crippen LogP contribution in [-0.4, -0.2) is 18.2 Å². The van der Waals surface area contributed by atoms with Gasteiger partial charge in [0, 0.05) is 26.1 Å². The van der Waals surface area contributed by atoms with E-state index < -0.39 is 11.7 Å². The maximum atomic E-state index is 11.6. The summed E-state index contributed by atoms with van der Waals surface area (Å²) in [6.45, 7) is 12.3. The van der Waals surface area contributed by atoms with Gasteiger partial charge in [-0.25, -0.2) is 4.79 Å². The normalized spacial score (nSPS) is 12.1. The predicted molar refractivity (Wildman–Crippen MR) is 202 cm³/mol. The lowest BCUT2D eigenvalue weighted by Crippen LogP contribution is -2.34. The molecule has 0 aliphatic heterocycles. The number of alkyl carbamates (subject to hydrolysis) is 1. The highest BCUT2D eigenvalue weighted by Gasteiger charge is 2.18. The number of carbonyl (C=O) groups excluding carboxylic acids is 1. The van der Waals surface area contributed by atoms with Gasteiger partial charge in [-0.2, -0.15) is 0 Å². The van der Waals surface area contributed by atoms with Crippen LogP contribution in [0.15, 0.2) is 112 Å². The number of nitrogens with two attached hydrogens (primary N) is 2. The fraction of sp³-hybridized carbons (Fsp3) is 0.289. The van der Waals surface area contributed by atoms with E-state index in [1.165, 1.54) is 5.56 Å². The Morgan fingerprint density at radius 1 is 0.739 bits per heavy atom. The minimum atomic E-state index is -0.469. The number of amides is 1. The summed E-state index contributed by atoms with van der Waals surface area (Å²) in [6.07, 6.45) is -0.395. The van der Waals surface area contributed by atoms with Crippen molar-refractivity contribution >= 4 is 50.4 Å². The molecule has 0 unspecified atom stereocenters. The average Bonchev–Trinajstić information content (AvgIpc) is 3.00. The largest absolute Gasteiger partial charge is 0.444 e. The summed E-state index contributed by atoms with van der Waals surface area (Å²) in [6, 6.07) is 34.2. The zero-order valence-corrected chi connectivity index (χ0v) is 31.4. The van der Waals surface area contributed by atoms with Crippen LogP contribution in [-0.2, 0) is 4.74 Å². The second-order valence-electron chi connectivity index (χ2n) is 11.6. The van der Waals surface area contributed by atoms with Gasteiger partial charge in [-0.3, -0.25) is 0 Å². The first kappa shape index (κ1) is 40.9. The Morgan fingerprint density at radius 2 is 1.17 bits per heavy atom. The Kier molecular flexibility index (Phi) is 18.6. The van der Waals surface area contributed by atoms with Crippen LogP contribution in [0.5, 0.6) is 0 Å². The number of hydrogen-bond acceptors (Lipinski definition) is 4. The molecular weight excluding hydrogens is 726 g/mol. The number of halogens is 3. The first-order chi connectivity index (χ1) is 21.3. The van der Waals surface area contributed by atoms with Crippen molar-refractivity contribution in [2.45, 2.75) is 65.1 Å². The molecule has 0 spiro atoms. The van der Waals surface area contributed by atoms with E-state index in [0.29, 0.717) is 12.5 Å². The van der Waals surface area contributed by atoms with Gasteiger partial charge in [-0.1, -0.05) is 105 Å². The molecule has 5 N–H and O–H groups in total. The molecule has 0 saturated carbocycles. The molecule has 0 bridgehead atoms. The van der Waals surface area contributed by atoms with Crippen molar-refractivity contribution in [2.24, 2.45) is 11.5 Å². The van der Waals surface area contributed by atoms with Crippen LogP contribution in [0.25, 0.3) is 0 Å². The second-order valence-corrected chi connectivity index (χ2v) is 13.5. The van der Waals surface area contributed by atoms with Crippen molar-refractivity contribution in [1.82, 2.24) is 5.32 Å². The molecular formula is C38H46Br2ClN3O2. The first-order valence-corrected chi connectivity index (χ1v) is 16.5. The Morgan fingerprint density at radius 3 is 1.61 bits per heavy atom. The van der Waals surface area contributed by atoms with Crippen molar-refractivity contribution in [2.75, 3.05) is 6.54 Å². The fourth-order valence-electron chi connectivity index (χ4n) is 3.78. The van der Waals surface area contributed by atoms with Crippen molar-refractivity contribution < 1.29 is 9.53 Å². The molecule has 246 valence electrons. The molecule has 0 heterocycles. The Balaban J connectivity index is 0.000000350. The quantitative estimate of drug-likeness (QED) is 0.176. The third-order valence-corrected chi connectivity index (χ3v) is 7.51. The van der Waals surface area contributed by atoms with Gasteiger partial charge in [0.25, 0.3) is 0 Å². The van der Waals surface area contributed by atoms with E-state index in [1.807, 2.05) is 126 Å². The molecule has 0 radical (unpaired) electrons. The van der Waals surface area contributed by atoms with E-state index >= 15 is 0 Å². The van der Waals surface area contributed by atoms with E-state index in [0.717, 1.165) is 31.2 Å². The maximum absolute atomic E-state index is 11.6. The highest BCUT2D eigenvalue weighted by Crippen LogP contribution is 2.18. The Hall–Kier alpha value is -3.12. The molecule has 46 heavy (non-hydrogen) atoms. The van der Waals surface area contributed by atoms with Crippen LogP contribution in [0, 0.1) is 11.8 Å². The molecule has 5 nitrogen and oxygen atoms in total. The van der Waals surface area contributed by atoms with Gasteiger partial charge < -0.3 is 21.5 Å². The molecule has 8 heteroatoms. The van der Waals surface area contributed by atoms with Gasteiger partial charge in [0.05, 0.1) is 6.04 Å². The van der Waals surface area contributed by atoms with Crippen molar-refractivity contribution in [3.63, 3.8) is 0 Å². The van der Waals surface area contributed by atoms with E-state index in [9.17, 15) is 4.79 Å². The molecule has 4 aromatic rings. The number of rotatable bonds is 5. The first-order valence-electron chi connectivity index (χ1n) is 14.9. The zero-order chi connectivity index (χ0) is 33.4. The minimum Gasteiger partial charge on any atom is -0.444 e. The lowest BCUT2D eigenvalue weighted by Gasteiger charge is -2.22. The van der Waals surface area contributed by atoms with Crippen molar-refractivity contribution in [1.29, 1.82) is 0 Å². The molecule has 0 aliphatic rings. The van der Waals surface area contributed by atoms with E-state index in [2.05, 4.69) is 68.1 Å². The van der Waals surface area contributed by atoms with Crippen LogP contribution < -0.4 is 16.8 Å². The van der Waals surface area contributed by atoms with E-state index in [4.69, 9.17) is 16.2 Å². The zero-order valence-electron chi connectivity index (χ0n) is 27.4. The van der Waals surface area contributed by atoms with Gasteiger partial charge in [0.2, 0.25) is 0 Å². The summed E-state index contributed by atoms with van der Waals surface area (Å²) in [4.78, 5) is 11.6.